The fourth-order valence-electron chi connectivity index (χ4n) is 1.82. The maximum Gasteiger partial charge on any atom is 0.249 e. The van der Waals surface area contributed by atoms with Gasteiger partial charge < -0.3 is 10.6 Å². The summed E-state index contributed by atoms with van der Waals surface area (Å²) in [6.07, 6.45) is 1.50. The Kier molecular flexibility index (Phi) is 4.68. The van der Waals surface area contributed by atoms with Crippen LogP contribution in [-0.2, 0) is 0 Å². The molecule has 0 aliphatic heterocycles. The molecule has 5 nitrogen and oxygen atoms in total. The smallest absolute Gasteiger partial charge is 0.249 e. The molecule has 0 atom stereocenters. The Morgan fingerprint density at radius 2 is 1.91 bits per heavy atom. The molecule has 0 radical (unpaired) electrons. The standard InChI is InChI=1S/C15H10BrClFN5/c16-10-3-1-2-4-13(10)21-14-8-19-23-15(22-14)20-9-5-6-12(18)11(17)7-9/h1-8H,(H2,20,21,22,23). The van der Waals surface area contributed by atoms with E-state index in [-0.39, 0.29) is 11.0 Å². The molecular weight excluding hydrogens is 385 g/mol. The molecule has 116 valence electrons. The minimum absolute atomic E-state index is 0.0189. The average molecular weight is 395 g/mol. The first-order valence-corrected chi connectivity index (χ1v) is 7.72. The molecule has 0 amide bonds. The molecule has 0 saturated carbocycles. The summed E-state index contributed by atoms with van der Waals surface area (Å²) in [6.45, 7) is 0. The van der Waals surface area contributed by atoms with Gasteiger partial charge >= 0.3 is 0 Å². The molecule has 0 aliphatic carbocycles. The zero-order chi connectivity index (χ0) is 16.2. The molecule has 0 fully saturated rings. The van der Waals surface area contributed by atoms with Crippen molar-refractivity contribution in [2.75, 3.05) is 10.6 Å². The highest BCUT2D eigenvalue weighted by Crippen LogP contribution is 2.25. The second-order valence-corrected chi connectivity index (χ2v) is 5.79. The summed E-state index contributed by atoms with van der Waals surface area (Å²) >= 11 is 9.20. The highest BCUT2D eigenvalue weighted by atomic mass is 79.9. The molecule has 3 rings (SSSR count). The maximum atomic E-state index is 13.2. The number of aromatic nitrogens is 3. The summed E-state index contributed by atoms with van der Waals surface area (Å²) in [5.74, 6) is 0.299. The number of para-hydroxylation sites is 1. The van der Waals surface area contributed by atoms with Crippen LogP contribution in [0.25, 0.3) is 0 Å². The summed E-state index contributed by atoms with van der Waals surface area (Å²) in [5.41, 5.74) is 1.42. The van der Waals surface area contributed by atoms with E-state index in [1.807, 2.05) is 24.3 Å². The maximum absolute atomic E-state index is 13.2. The van der Waals surface area contributed by atoms with Crippen LogP contribution in [0.15, 0.2) is 53.1 Å². The third-order valence-corrected chi connectivity index (χ3v) is 3.85. The number of nitrogens with zero attached hydrogens (tertiary/aromatic N) is 3. The highest BCUT2D eigenvalue weighted by Gasteiger charge is 2.06. The van der Waals surface area contributed by atoms with E-state index >= 15 is 0 Å². The number of benzene rings is 2. The quantitative estimate of drug-likeness (QED) is 0.658. The molecule has 0 unspecified atom stereocenters. The SMILES string of the molecule is Fc1ccc(Nc2nncc(Nc3ccccc3Br)n2)cc1Cl. The average Bonchev–Trinajstić information content (AvgIpc) is 2.54. The largest absolute Gasteiger partial charge is 0.338 e. The van der Waals surface area contributed by atoms with Gasteiger partial charge in [0.25, 0.3) is 0 Å². The van der Waals surface area contributed by atoms with Crippen LogP contribution in [0.5, 0.6) is 0 Å². The van der Waals surface area contributed by atoms with E-state index in [1.165, 1.54) is 18.3 Å². The number of nitrogens with one attached hydrogen (secondary N) is 2. The molecule has 3 aromatic rings. The van der Waals surface area contributed by atoms with Crippen LogP contribution < -0.4 is 10.6 Å². The van der Waals surface area contributed by atoms with Crippen molar-refractivity contribution in [1.29, 1.82) is 0 Å². The first-order valence-electron chi connectivity index (χ1n) is 6.55. The Balaban J connectivity index is 1.79. The Hall–Kier alpha value is -2.25. The van der Waals surface area contributed by atoms with Crippen LogP contribution in [-0.4, -0.2) is 15.2 Å². The van der Waals surface area contributed by atoms with Crippen molar-refractivity contribution in [2.45, 2.75) is 0 Å². The van der Waals surface area contributed by atoms with E-state index in [4.69, 9.17) is 11.6 Å². The fraction of sp³-hybridized carbons (Fsp3) is 0. The van der Waals surface area contributed by atoms with Gasteiger partial charge in [-0.05, 0) is 46.3 Å². The van der Waals surface area contributed by atoms with E-state index in [0.717, 1.165) is 10.2 Å². The molecule has 2 aromatic carbocycles. The summed E-state index contributed by atoms with van der Waals surface area (Å²) in [6, 6.07) is 11.9. The Morgan fingerprint density at radius 3 is 2.70 bits per heavy atom. The molecule has 0 bridgehead atoms. The van der Waals surface area contributed by atoms with Crippen molar-refractivity contribution in [2.24, 2.45) is 0 Å². The second kappa shape index (κ2) is 6.89. The Bertz CT molecular complexity index is 846. The highest BCUT2D eigenvalue weighted by molar-refractivity contribution is 9.10. The van der Waals surface area contributed by atoms with Crippen LogP contribution in [0, 0.1) is 5.82 Å². The molecule has 8 heteroatoms. The lowest BCUT2D eigenvalue weighted by Crippen LogP contribution is -2.02. The summed E-state index contributed by atoms with van der Waals surface area (Å²) < 4.78 is 14.1. The zero-order valence-corrected chi connectivity index (χ0v) is 13.9. The summed E-state index contributed by atoms with van der Waals surface area (Å²) in [7, 11) is 0. The van der Waals surface area contributed by atoms with Crippen molar-refractivity contribution in [3.05, 3.63) is 64.0 Å². The van der Waals surface area contributed by atoms with Crippen molar-refractivity contribution < 1.29 is 4.39 Å². The molecule has 0 spiro atoms. The van der Waals surface area contributed by atoms with Crippen molar-refractivity contribution in [3.63, 3.8) is 0 Å². The first kappa shape index (κ1) is 15.6. The zero-order valence-electron chi connectivity index (χ0n) is 11.6. The lowest BCUT2D eigenvalue weighted by Gasteiger charge is -2.09. The number of halogens is 3. The van der Waals surface area contributed by atoms with Gasteiger partial charge in [0.05, 0.1) is 16.9 Å². The van der Waals surface area contributed by atoms with E-state index in [9.17, 15) is 4.39 Å². The van der Waals surface area contributed by atoms with Gasteiger partial charge in [-0.25, -0.2) is 4.39 Å². The van der Waals surface area contributed by atoms with Gasteiger partial charge in [0.2, 0.25) is 5.95 Å². The minimum Gasteiger partial charge on any atom is -0.338 e. The van der Waals surface area contributed by atoms with Gasteiger partial charge in [-0.15, -0.1) is 5.10 Å². The molecule has 0 aliphatic rings. The van der Waals surface area contributed by atoms with Gasteiger partial charge in [-0.2, -0.15) is 10.1 Å². The number of rotatable bonds is 4. The van der Waals surface area contributed by atoms with Crippen molar-refractivity contribution in [3.8, 4) is 0 Å². The number of anilines is 4. The lowest BCUT2D eigenvalue weighted by atomic mass is 10.3. The van der Waals surface area contributed by atoms with Crippen LogP contribution in [0.4, 0.5) is 27.5 Å². The minimum atomic E-state index is -0.486. The molecule has 0 saturated heterocycles. The molecule has 1 heterocycles. The molecular formula is C15H10BrClFN5. The first-order chi connectivity index (χ1) is 11.1. The van der Waals surface area contributed by atoms with Gasteiger partial charge in [-0.1, -0.05) is 23.7 Å². The molecule has 23 heavy (non-hydrogen) atoms. The summed E-state index contributed by atoms with van der Waals surface area (Å²) in [4.78, 5) is 4.30. The third-order valence-electron chi connectivity index (χ3n) is 2.87. The van der Waals surface area contributed by atoms with Crippen LogP contribution >= 0.6 is 27.5 Å². The topological polar surface area (TPSA) is 62.7 Å². The predicted octanol–water partition coefficient (Wildman–Crippen LogP) is 4.91. The van der Waals surface area contributed by atoms with Gasteiger partial charge in [-0.3, -0.25) is 0 Å². The lowest BCUT2D eigenvalue weighted by molar-refractivity contribution is 0.628. The van der Waals surface area contributed by atoms with E-state index in [0.29, 0.717) is 11.5 Å². The third kappa shape index (κ3) is 3.94. The molecule has 2 N–H and O–H groups in total. The van der Waals surface area contributed by atoms with Gasteiger partial charge in [0, 0.05) is 10.2 Å². The van der Waals surface area contributed by atoms with Gasteiger partial charge in [0.1, 0.15) is 5.82 Å². The molecule has 1 aromatic heterocycles. The predicted molar refractivity (Wildman–Crippen MR) is 91.9 cm³/mol. The second-order valence-electron chi connectivity index (χ2n) is 4.52. The van der Waals surface area contributed by atoms with Crippen LogP contribution in [0.2, 0.25) is 5.02 Å². The fourth-order valence-corrected chi connectivity index (χ4v) is 2.38. The monoisotopic (exact) mass is 393 g/mol. The van der Waals surface area contributed by atoms with Crippen LogP contribution in [0.3, 0.4) is 0 Å². The van der Waals surface area contributed by atoms with Gasteiger partial charge in [0.15, 0.2) is 5.82 Å². The van der Waals surface area contributed by atoms with E-state index < -0.39 is 5.82 Å². The summed E-state index contributed by atoms with van der Waals surface area (Å²) in [5, 5.41) is 13.9. The van der Waals surface area contributed by atoms with Crippen LogP contribution in [0.1, 0.15) is 0 Å². The Labute approximate surface area is 145 Å². The Morgan fingerprint density at radius 1 is 1.09 bits per heavy atom. The number of hydrogen-bond donors (Lipinski definition) is 2. The van der Waals surface area contributed by atoms with E-state index in [2.05, 4.69) is 41.7 Å². The van der Waals surface area contributed by atoms with Crippen molar-refractivity contribution >= 4 is 50.7 Å². The number of hydrogen-bond acceptors (Lipinski definition) is 5. The van der Waals surface area contributed by atoms with Crippen molar-refractivity contribution in [1.82, 2.24) is 15.2 Å². The normalized spacial score (nSPS) is 10.4. The van der Waals surface area contributed by atoms with E-state index in [1.54, 1.807) is 6.07 Å².